The summed E-state index contributed by atoms with van der Waals surface area (Å²) < 4.78 is 20.0. The number of methoxy groups -OCH3 is 3. The molecule has 6 heteroatoms. The second-order valence-corrected chi connectivity index (χ2v) is 4.33. The van der Waals surface area contributed by atoms with Gasteiger partial charge in [0, 0.05) is 6.07 Å². The third-order valence-corrected chi connectivity index (χ3v) is 3.06. The van der Waals surface area contributed by atoms with E-state index in [1.165, 1.54) is 39.9 Å². The molecular formula is C16H16O6. The number of ether oxygens (including phenoxy) is 3. The average molecular weight is 304 g/mol. The summed E-state index contributed by atoms with van der Waals surface area (Å²) in [5.74, 6) is 0.121. The lowest BCUT2D eigenvalue weighted by Gasteiger charge is -2.09. The fourth-order valence-electron chi connectivity index (χ4n) is 1.96. The van der Waals surface area contributed by atoms with Crippen LogP contribution in [0.3, 0.4) is 0 Å². The zero-order chi connectivity index (χ0) is 16.1. The largest absolute Gasteiger partial charge is 0.507 e. The maximum atomic E-state index is 11.8. The summed E-state index contributed by atoms with van der Waals surface area (Å²) in [6, 6.07) is 2.97. The molecule has 0 unspecified atom stereocenters. The highest BCUT2D eigenvalue weighted by atomic mass is 16.5. The Balaban J connectivity index is 2.48. The molecule has 0 saturated carbocycles. The zero-order valence-electron chi connectivity index (χ0n) is 12.5. The van der Waals surface area contributed by atoms with Crippen LogP contribution < -0.4 is 9.47 Å². The Morgan fingerprint density at radius 1 is 1.09 bits per heavy atom. The number of carbonyl (C=O) groups excluding carboxylic acids is 1. The standard InChI is InChI=1S/C16H16O6/c1-19-12-6-10(15(13(17)7-12)16(18)21-3)4-5-11-8-22-9-14(11)20-2/h4-9,17H,1-3H3/b5-4+. The van der Waals surface area contributed by atoms with Crippen molar-refractivity contribution in [2.45, 2.75) is 0 Å². The van der Waals surface area contributed by atoms with Crippen molar-refractivity contribution in [1.82, 2.24) is 0 Å². The average Bonchev–Trinajstić information content (AvgIpc) is 2.99. The van der Waals surface area contributed by atoms with Crippen LogP contribution in [0.1, 0.15) is 21.5 Å². The summed E-state index contributed by atoms with van der Waals surface area (Å²) in [4.78, 5) is 11.8. The van der Waals surface area contributed by atoms with Crippen LogP contribution in [-0.4, -0.2) is 32.4 Å². The van der Waals surface area contributed by atoms with Crippen LogP contribution in [-0.2, 0) is 4.74 Å². The summed E-state index contributed by atoms with van der Waals surface area (Å²) in [5.41, 5.74) is 1.20. The first-order valence-corrected chi connectivity index (χ1v) is 6.38. The maximum absolute atomic E-state index is 11.8. The summed E-state index contributed by atoms with van der Waals surface area (Å²) in [5, 5.41) is 10.0. The van der Waals surface area contributed by atoms with Gasteiger partial charge in [0.2, 0.25) is 0 Å². The van der Waals surface area contributed by atoms with Crippen molar-refractivity contribution in [3.05, 3.63) is 41.3 Å². The van der Waals surface area contributed by atoms with Crippen molar-refractivity contribution in [2.24, 2.45) is 0 Å². The van der Waals surface area contributed by atoms with Crippen molar-refractivity contribution in [3.8, 4) is 17.2 Å². The summed E-state index contributed by atoms with van der Waals surface area (Å²) >= 11 is 0. The van der Waals surface area contributed by atoms with Gasteiger partial charge in [-0.1, -0.05) is 6.08 Å². The number of furan rings is 1. The smallest absolute Gasteiger partial charge is 0.342 e. The zero-order valence-corrected chi connectivity index (χ0v) is 12.5. The molecule has 116 valence electrons. The molecule has 1 aromatic carbocycles. The van der Waals surface area contributed by atoms with Crippen LogP contribution in [0, 0.1) is 0 Å². The molecule has 0 atom stereocenters. The quantitative estimate of drug-likeness (QED) is 0.856. The predicted octanol–water partition coefficient (Wildman–Crippen LogP) is 2.96. The Bertz CT molecular complexity index is 699. The van der Waals surface area contributed by atoms with E-state index < -0.39 is 5.97 Å². The molecule has 2 rings (SSSR count). The minimum absolute atomic E-state index is 0.0574. The van der Waals surface area contributed by atoms with E-state index in [-0.39, 0.29) is 11.3 Å². The SMILES string of the molecule is COC(=O)c1c(O)cc(OC)cc1/C=C/c1cocc1OC. The number of aromatic hydroxyl groups is 1. The number of hydrogen-bond acceptors (Lipinski definition) is 6. The van der Waals surface area contributed by atoms with Gasteiger partial charge in [0.05, 0.1) is 26.9 Å². The predicted molar refractivity (Wildman–Crippen MR) is 80.2 cm³/mol. The molecule has 0 saturated heterocycles. The minimum Gasteiger partial charge on any atom is -0.507 e. The van der Waals surface area contributed by atoms with Gasteiger partial charge in [-0.3, -0.25) is 0 Å². The molecule has 6 nitrogen and oxygen atoms in total. The van der Waals surface area contributed by atoms with E-state index in [0.29, 0.717) is 22.6 Å². The van der Waals surface area contributed by atoms with Gasteiger partial charge in [0.1, 0.15) is 29.6 Å². The van der Waals surface area contributed by atoms with Crippen molar-refractivity contribution >= 4 is 18.1 Å². The molecule has 0 fully saturated rings. The van der Waals surface area contributed by atoms with Crippen LogP contribution in [0.5, 0.6) is 17.2 Å². The molecule has 0 aliphatic rings. The lowest BCUT2D eigenvalue weighted by Crippen LogP contribution is -2.04. The van der Waals surface area contributed by atoms with Crippen LogP contribution in [0.25, 0.3) is 12.2 Å². The van der Waals surface area contributed by atoms with Gasteiger partial charge in [0.15, 0.2) is 5.75 Å². The summed E-state index contributed by atoms with van der Waals surface area (Å²) in [6.07, 6.45) is 6.31. The molecular weight excluding hydrogens is 288 g/mol. The first-order valence-electron chi connectivity index (χ1n) is 6.38. The number of benzene rings is 1. The van der Waals surface area contributed by atoms with E-state index in [1.54, 1.807) is 18.2 Å². The molecule has 0 aliphatic carbocycles. The van der Waals surface area contributed by atoms with Crippen LogP contribution in [0.2, 0.25) is 0 Å². The highest BCUT2D eigenvalue weighted by molar-refractivity contribution is 5.98. The fourth-order valence-corrected chi connectivity index (χ4v) is 1.96. The first-order chi connectivity index (χ1) is 10.6. The number of hydrogen-bond donors (Lipinski definition) is 1. The number of phenols is 1. The van der Waals surface area contributed by atoms with Crippen LogP contribution in [0.15, 0.2) is 29.1 Å². The van der Waals surface area contributed by atoms with Gasteiger partial charge in [-0.2, -0.15) is 0 Å². The van der Waals surface area contributed by atoms with Gasteiger partial charge in [-0.15, -0.1) is 0 Å². The Morgan fingerprint density at radius 2 is 1.82 bits per heavy atom. The molecule has 0 aliphatic heterocycles. The second kappa shape index (κ2) is 6.71. The van der Waals surface area contributed by atoms with Gasteiger partial charge in [-0.25, -0.2) is 4.79 Å². The van der Waals surface area contributed by atoms with E-state index in [9.17, 15) is 9.90 Å². The van der Waals surface area contributed by atoms with Crippen molar-refractivity contribution < 1.29 is 28.5 Å². The number of carbonyl (C=O) groups is 1. The molecule has 2 aromatic rings. The first kappa shape index (κ1) is 15.5. The minimum atomic E-state index is -0.640. The topological polar surface area (TPSA) is 78.1 Å². The molecule has 1 aromatic heterocycles. The number of esters is 1. The van der Waals surface area contributed by atoms with Gasteiger partial charge in [0.25, 0.3) is 0 Å². The van der Waals surface area contributed by atoms with Crippen molar-refractivity contribution in [3.63, 3.8) is 0 Å². The Morgan fingerprint density at radius 3 is 2.45 bits per heavy atom. The van der Waals surface area contributed by atoms with Crippen LogP contribution in [0.4, 0.5) is 0 Å². The third-order valence-electron chi connectivity index (χ3n) is 3.06. The molecule has 22 heavy (non-hydrogen) atoms. The highest BCUT2D eigenvalue weighted by Gasteiger charge is 2.17. The molecule has 0 spiro atoms. The number of rotatable bonds is 5. The fraction of sp³-hybridized carbons (Fsp3) is 0.188. The van der Waals surface area contributed by atoms with Crippen molar-refractivity contribution in [2.75, 3.05) is 21.3 Å². The summed E-state index contributed by atoms with van der Waals surface area (Å²) in [6.45, 7) is 0. The summed E-state index contributed by atoms with van der Waals surface area (Å²) in [7, 11) is 4.25. The van der Waals surface area contributed by atoms with Gasteiger partial charge in [-0.05, 0) is 17.7 Å². The monoisotopic (exact) mass is 304 g/mol. The highest BCUT2D eigenvalue weighted by Crippen LogP contribution is 2.30. The Kier molecular flexibility index (Phi) is 4.73. The molecule has 1 heterocycles. The lowest BCUT2D eigenvalue weighted by molar-refractivity contribution is 0.0597. The molecule has 1 N–H and O–H groups in total. The normalized spacial score (nSPS) is 10.7. The Hall–Kier alpha value is -2.89. The van der Waals surface area contributed by atoms with Gasteiger partial charge >= 0.3 is 5.97 Å². The molecule has 0 bridgehead atoms. The van der Waals surface area contributed by atoms with Crippen LogP contribution >= 0.6 is 0 Å². The van der Waals surface area contributed by atoms with E-state index in [4.69, 9.17) is 18.6 Å². The van der Waals surface area contributed by atoms with E-state index in [1.807, 2.05) is 0 Å². The van der Waals surface area contributed by atoms with E-state index in [0.717, 1.165) is 0 Å². The second-order valence-electron chi connectivity index (χ2n) is 4.33. The van der Waals surface area contributed by atoms with Crippen molar-refractivity contribution in [1.29, 1.82) is 0 Å². The Labute approximate surface area is 127 Å². The maximum Gasteiger partial charge on any atom is 0.342 e. The third kappa shape index (κ3) is 3.06. The van der Waals surface area contributed by atoms with Gasteiger partial charge < -0.3 is 23.7 Å². The molecule has 0 radical (unpaired) electrons. The van der Waals surface area contributed by atoms with E-state index in [2.05, 4.69) is 0 Å². The molecule has 0 amide bonds. The number of phenolic OH excluding ortho intramolecular Hbond substituents is 1. The van der Waals surface area contributed by atoms with E-state index >= 15 is 0 Å². The lowest BCUT2D eigenvalue weighted by atomic mass is 10.0.